The Morgan fingerprint density at radius 2 is 1.67 bits per heavy atom. The van der Waals surface area contributed by atoms with Gasteiger partial charge in [-0.3, -0.25) is 0 Å². The van der Waals surface area contributed by atoms with Crippen molar-refractivity contribution in [1.29, 1.82) is 0 Å². The highest BCUT2D eigenvalue weighted by Gasteiger charge is 2.08. The summed E-state index contributed by atoms with van der Waals surface area (Å²) in [6, 6.07) is 19.2. The Labute approximate surface area is 111 Å². The van der Waals surface area contributed by atoms with E-state index in [1.165, 1.54) is 21.3 Å². The minimum atomic E-state index is 0.946. The molecule has 0 spiro atoms. The third kappa shape index (κ3) is 2.12. The fourth-order valence-electron chi connectivity index (χ4n) is 2.20. The summed E-state index contributed by atoms with van der Waals surface area (Å²) in [5.41, 5.74) is 2.66. The molecule has 1 heterocycles. The molecule has 0 aliphatic carbocycles. The van der Waals surface area contributed by atoms with Crippen LogP contribution >= 0.6 is 11.3 Å². The van der Waals surface area contributed by atoms with Crippen molar-refractivity contribution in [3.05, 3.63) is 65.5 Å². The number of anilines is 1. The number of thiophene rings is 1. The van der Waals surface area contributed by atoms with Crippen LogP contribution < -0.4 is 4.90 Å². The lowest BCUT2D eigenvalue weighted by Gasteiger charge is -2.18. The Hall–Kier alpha value is -1.80. The first-order chi connectivity index (χ1) is 8.84. The average Bonchev–Trinajstić information content (AvgIpc) is 2.84. The fraction of sp³-hybridized carbons (Fsp3) is 0.125. The summed E-state index contributed by atoms with van der Waals surface area (Å²) in [7, 11) is 2.15. The van der Waals surface area contributed by atoms with Crippen molar-refractivity contribution < 1.29 is 0 Å². The van der Waals surface area contributed by atoms with Crippen LogP contribution in [0.1, 0.15) is 5.56 Å². The van der Waals surface area contributed by atoms with Gasteiger partial charge in [0.05, 0.1) is 5.69 Å². The molecule has 2 aromatic carbocycles. The lowest BCUT2D eigenvalue weighted by atomic mass is 10.2. The highest BCUT2D eigenvalue weighted by atomic mass is 32.1. The molecule has 0 unspecified atom stereocenters. The molecule has 0 radical (unpaired) electrons. The summed E-state index contributed by atoms with van der Waals surface area (Å²) >= 11 is 1.81. The van der Waals surface area contributed by atoms with Crippen LogP contribution in [0.4, 0.5) is 5.69 Å². The molecule has 0 saturated carbocycles. The molecule has 0 amide bonds. The maximum absolute atomic E-state index is 2.31. The molecule has 0 bridgehead atoms. The van der Waals surface area contributed by atoms with Crippen molar-refractivity contribution in [3.63, 3.8) is 0 Å². The van der Waals surface area contributed by atoms with Gasteiger partial charge in [-0.15, -0.1) is 11.3 Å². The second kappa shape index (κ2) is 4.83. The van der Waals surface area contributed by atoms with Crippen molar-refractivity contribution in [2.75, 3.05) is 11.9 Å². The van der Waals surface area contributed by atoms with E-state index in [-0.39, 0.29) is 0 Å². The van der Waals surface area contributed by atoms with Crippen LogP contribution in [0.2, 0.25) is 0 Å². The second-order valence-corrected chi connectivity index (χ2v) is 5.37. The molecule has 90 valence electrons. The van der Waals surface area contributed by atoms with E-state index in [1.54, 1.807) is 0 Å². The third-order valence-electron chi connectivity index (χ3n) is 3.13. The van der Waals surface area contributed by atoms with E-state index in [9.17, 15) is 0 Å². The highest BCUT2D eigenvalue weighted by Crippen LogP contribution is 2.32. The minimum absolute atomic E-state index is 0.946. The van der Waals surface area contributed by atoms with Gasteiger partial charge in [-0.2, -0.15) is 0 Å². The van der Waals surface area contributed by atoms with E-state index < -0.39 is 0 Å². The van der Waals surface area contributed by atoms with Crippen molar-refractivity contribution in [3.8, 4) is 0 Å². The summed E-state index contributed by atoms with van der Waals surface area (Å²) in [4.78, 5) is 2.31. The normalized spacial score (nSPS) is 10.7. The molecule has 2 heteroatoms. The smallest absolute Gasteiger partial charge is 0.0555 e. The van der Waals surface area contributed by atoms with Gasteiger partial charge in [0.25, 0.3) is 0 Å². The lowest BCUT2D eigenvalue weighted by molar-refractivity contribution is 0.930. The molecule has 0 fully saturated rings. The number of nitrogens with zero attached hydrogens (tertiary/aromatic N) is 1. The molecular formula is C16H15NS. The van der Waals surface area contributed by atoms with Gasteiger partial charge in [-0.25, -0.2) is 0 Å². The van der Waals surface area contributed by atoms with E-state index in [2.05, 4.69) is 71.9 Å². The molecule has 3 rings (SSSR count). The highest BCUT2D eigenvalue weighted by molar-refractivity contribution is 7.17. The molecule has 0 N–H and O–H groups in total. The summed E-state index contributed by atoms with van der Waals surface area (Å²) in [5, 5.41) is 3.59. The molecule has 1 nitrogen and oxygen atoms in total. The van der Waals surface area contributed by atoms with Crippen LogP contribution in [0.25, 0.3) is 10.1 Å². The zero-order valence-corrected chi connectivity index (χ0v) is 11.2. The van der Waals surface area contributed by atoms with E-state index in [1.807, 2.05) is 11.3 Å². The van der Waals surface area contributed by atoms with Crippen LogP contribution in [-0.2, 0) is 6.54 Å². The number of fused-ring (bicyclic) bond motifs is 1. The van der Waals surface area contributed by atoms with Crippen molar-refractivity contribution >= 4 is 27.1 Å². The number of rotatable bonds is 3. The molecule has 1 aromatic heterocycles. The second-order valence-electron chi connectivity index (χ2n) is 4.46. The zero-order chi connectivity index (χ0) is 12.4. The Morgan fingerprint density at radius 1 is 0.944 bits per heavy atom. The molecule has 0 saturated heterocycles. The topological polar surface area (TPSA) is 3.24 Å². The molecule has 18 heavy (non-hydrogen) atoms. The first-order valence-electron chi connectivity index (χ1n) is 6.06. The van der Waals surface area contributed by atoms with Gasteiger partial charge in [0.15, 0.2) is 0 Å². The fourth-order valence-corrected chi connectivity index (χ4v) is 3.20. The summed E-state index contributed by atoms with van der Waals surface area (Å²) in [5.74, 6) is 0. The van der Waals surface area contributed by atoms with Gasteiger partial charge in [0, 0.05) is 29.1 Å². The third-order valence-corrected chi connectivity index (χ3v) is 4.09. The maximum atomic E-state index is 2.31. The predicted molar refractivity (Wildman–Crippen MR) is 80.4 cm³/mol. The van der Waals surface area contributed by atoms with Gasteiger partial charge in [0.2, 0.25) is 0 Å². The predicted octanol–water partition coefficient (Wildman–Crippen LogP) is 4.54. The standard InChI is InChI=1S/C16H15NS/c1-17(11-13-7-3-2-4-8-13)15-12-18-16-10-6-5-9-14(15)16/h2-10,12H,11H2,1H3. The SMILES string of the molecule is CN(Cc1ccccc1)c1csc2ccccc12. The molecule has 0 aliphatic rings. The van der Waals surface area contributed by atoms with Gasteiger partial charge < -0.3 is 4.90 Å². The summed E-state index contributed by atoms with van der Waals surface area (Å²) in [6.07, 6.45) is 0. The van der Waals surface area contributed by atoms with E-state index in [4.69, 9.17) is 0 Å². The Balaban J connectivity index is 1.90. The Kier molecular flexibility index (Phi) is 3.03. The van der Waals surface area contributed by atoms with Crippen molar-refractivity contribution in [1.82, 2.24) is 0 Å². The Morgan fingerprint density at radius 3 is 2.50 bits per heavy atom. The monoisotopic (exact) mass is 253 g/mol. The molecule has 0 aliphatic heterocycles. The van der Waals surface area contributed by atoms with Crippen LogP contribution in [0.5, 0.6) is 0 Å². The van der Waals surface area contributed by atoms with Crippen LogP contribution in [0, 0.1) is 0 Å². The van der Waals surface area contributed by atoms with Crippen LogP contribution in [-0.4, -0.2) is 7.05 Å². The zero-order valence-electron chi connectivity index (χ0n) is 10.3. The largest absolute Gasteiger partial charge is 0.369 e. The van der Waals surface area contributed by atoms with E-state index in [0.717, 1.165) is 6.54 Å². The number of benzene rings is 2. The first kappa shape index (κ1) is 11.3. The average molecular weight is 253 g/mol. The summed E-state index contributed by atoms with van der Waals surface area (Å²) < 4.78 is 1.35. The molecule has 3 aromatic rings. The maximum Gasteiger partial charge on any atom is 0.0555 e. The van der Waals surface area contributed by atoms with E-state index >= 15 is 0 Å². The van der Waals surface area contributed by atoms with E-state index in [0.29, 0.717) is 0 Å². The summed E-state index contributed by atoms with van der Waals surface area (Å²) in [6.45, 7) is 0.946. The van der Waals surface area contributed by atoms with Gasteiger partial charge >= 0.3 is 0 Å². The van der Waals surface area contributed by atoms with Gasteiger partial charge in [-0.1, -0.05) is 48.5 Å². The first-order valence-corrected chi connectivity index (χ1v) is 6.94. The molecular weight excluding hydrogens is 238 g/mol. The minimum Gasteiger partial charge on any atom is -0.369 e. The lowest BCUT2D eigenvalue weighted by Crippen LogP contribution is -2.15. The van der Waals surface area contributed by atoms with Gasteiger partial charge in [0.1, 0.15) is 0 Å². The number of hydrogen-bond donors (Lipinski definition) is 0. The van der Waals surface area contributed by atoms with Crippen molar-refractivity contribution in [2.45, 2.75) is 6.54 Å². The van der Waals surface area contributed by atoms with Crippen LogP contribution in [0.15, 0.2) is 60.0 Å². The Bertz CT molecular complexity index is 642. The van der Waals surface area contributed by atoms with Crippen molar-refractivity contribution in [2.24, 2.45) is 0 Å². The van der Waals surface area contributed by atoms with Crippen LogP contribution in [0.3, 0.4) is 0 Å². The quantitative estimate of drug-likeness (QED) is 0.662. The molecule has 0 atom stereocenters. The number of hydrogen-bond acceptors (Lipinski definition) is 2. The van der Waals surface area contributed by atoms with Gasteiger partial charge in [-0.05, 0) is 11.6 Å².